The number of aromatic nitrogens is 4. The lowest BCUT2D eigenvalue weighted by Crippen LogP contribution is -2.44. The van der Waals surface area contributed by atoms with Crippen LogP contribution in [-0.4, -0.2) is 93.6 Å². The Morgan fingerprint density at radius 2 is 2.00 bits per heavy atom. The summed E-state index contributed by atoms with van der Waals surface area (Å²) in [5.74, 6) is -2.31. The zero-order valence-corrected chi connectivity index (χ0v) is 24.1. The van der Waals surface area contributed by atoms with E-state index < -0.39 is 89.2 Å². The van der Waals surface area contributed by atoms with Crippen LogP contribution < -0.4 is 20.1 Å². The van der Waals surface area contributed by atoms with Crippen molar-refractivity contribution in [3.8, 4) is 23.1 Å². The molecule has 0 amide bonds. The number of rotatable bonds is 8. The zero-order valence-electron chi connectivity index (χ0n) is 24.1. The summed E-state index contributed by atoms with van der Waals surface area (Å²) in [7, 11) is 0. The summed E-state index contributed by atoms with van der Waals surface area (Å²) in [5.41, 5.74) is 1.16. The lowest BCUT2D eigenvalue weighted by Gasteiger charge is -2.32. The molecule has 2 saturated heterocycles. The number of aryl methyl sites for hydroxylation is 1. The number of halogens is 7. The third-order valence-electron chi connectivity index (χ3n) is 8.62. The second-order valence-electron chi connectivity index (χ2n) is 11.6. The van der Waals surface area contributed by atoms with Crippen LogP contribution in [0.1, 0.15) is 36.9 Å². The predicted octanol–water partition coefficient (Wildman–Crippen LogP) is 4.31. The molecule has 0 saturated carbocycles. The van der Waals surface area contributed by atoms with Crippen molar-refractivity contribution < 1.29 is 45.3 Å². The van der Waals surface area contributed by atoms with Gasteiger partial charge in [-0.2, -0.15) is 23.1 Å². The van der Waals surface area contributed by atoms with E-state index in [-0.39, 0.29) is 49.6 Å². The molecule has 3 aromatic heterocycles. The van der Waals surface area contributed by atoms with Crippen molar-refractivity contribution in [2.24, 2.45) is 0 Å². The van der Waals surface area contributed by atoms with Gasteiger partial charge in [0, 0.05) is 25.1 Å². The molecule has 0 unspecified atom stereocenters. The van der Waals surface area contributed by atoms with Crippen LogP contribution in [0.5, 0.6) is 11.9 Å². The molecule has 6 rings (SSSR count). The molecule has 6 heterocycles. The highest BCUT2D eigenvalue weighted by Crippen LogP contribution is 2.45. The van der Waals surface area contributed by atoms with E-state index in [1.807, 2.05) is 4.90 Å². The van der Waals surface area contributed by atoms with E-state index in [9.17, 15) is 31.4 Å². The molecule has 10 nitrogen and oxygen atoms in total. The minimum Gasteiger partial charge on any atom is -0.475 e. The number of aliphatic hydroxyl groups is 1. The Kier molecular flexibility index (Phi) is 8.04. The molecule has 0 aromatic carbocycles. The zero-order chi connectivity index (χ0) is 32.3. The van der Waals surface area contributed by atoms with Crippen molar-refractivity contribution in [3.05, 3.63) is 23.1 Å². The SMILES string of the molecule is Cc1nc(N)cc(-c2nc3c4c(nc(OC[C@@]56CCCN5C[C@H](F)C6)nc4c2F)N(CC(F)F)[C@@H](CCO)CO3)c1C(F)(F)F. The molecule has 3 aliphatic rings. The first-order valence-corrected chi connectivity index (χ1v) is 14.4. The topological polar surface area (TPSA) is 123 Å². The number of nitrogen functional groups attached to an aromatic ring is 1. The second kappa shape index (κ2) is 11.6. The van der Waals surface area contributed by atoms with Crippen LogP contribution in [0.3, 0.4) is 0 Å². The minimum absolute atomic E-state index is 0.0635. The average molecular weight is 646 g/mol. The highest BCUT2D eigenvalue weighted by Gasteiger charge is 2.49. The first kappa shape index (κ1) is 31.3. The van der Waals surface area contributed by atoms with Gasteiger partial charge >= 0.3 is 12.2 Å². The lowest BCUT2D eigenvalue weighted by atomic mass is 9.95. The molecule has 3 aliphatic heterocycles. The van der Waals surface area contributed by atoms with Crippen LogP contribution in [0.4, 0.5) is 42.4 Å². The highest BCUT2D eigenvalue weighted by atomic mass is 19.4. The number of hydrogen-bond donors (Lipinski definition) is 2. The van der Waals surface area contributed by atoms with E-state index in [1.165, 1.54) is 0 Å². The van der Waals surface area contributed by atoms with E-state index in [2.05, 4.69) is 19.9 Å². The number of fused-ring (bicyclic) bond motifs is 1. The Hall–Kier alpha value is -3.73. The van der Waals surface area contributed by atoms with E-state index >= 15 is 4.39 Å². The highest BCUT2D eigenvalue weighted by molar-refractivity contribution is 5.97. The number of hydrogen-bond acceptors (Lipinski definition) is 10. The van der Waals surface area contributed by atoms with Crippen molar-refractivity contribution in [3.63, 3.8) is 0 Å². The minimum atomic E-state index is -4.98. The van der Waals surface area contributed by atoms with Crippen molar-refractivity contribution in [1.29, 1.82) is 0 Å². The fourth-order valence-corrected chi connectivity index (χ4v) is 6.76. The van der Waals surface area contributed by atoms with Gasteiger partial charge in [0.05, 0.1) is 29.4 Å². The van der Waals surface area contributed by atoms with E-state index in [4.69, 9.17) is 15.2 Å². The molecule has 2 fully saturated rings. The Morgan fingerprint density at radius 3 is 2.71 bits per heavy atom. The summed E-state index contributed by atoms with van der Waals surface area (Å²) in [6.45, 7) is 0.181. The van der Waals surface area contributed by atoms with Gasteiger partial charge in [-0.15, -0.1) is 0 Å². The Balaban J connectivity index is 1.56. The van der Waals surface area contributed by atoms with Crippen LogP contribution in [0.2, 0.25) is 0 Å². The van der Waals surface area contributed by atoms with E-state index in [0.29, 0.717) is 13.0 Å². The van der Waals surface area contributed by atoms with Gasteiger partial charge in [0.15, 0.2) is 5.82 Å². The maximum atomic E-state index is 16.5. The maximum absolute atomic E-state index is 16.5. The number of ether oxygens (including phenoxy) is 2. The van der Waals surface area contributed by atoms with Gasteiger partial charge in [-0.05, 0) is 38.8 Å². The van der Waals surface area contributed by atoms with Gasteiger partial charge in [0.2, 0.25) is 5.88 Å². The quantitative estimate of drug-likeness (QED) is 0.343. The molecule has 244 valence electrons. The molecule has 0 bridgehead atoms. The van der Waals surface area contributed by atoms with E-state index in [0.717, 1.165) is 24.3 Å². The normalized spacial score (nSPS) is 23.5. The Labute approximate surface area is 252 Å². The molecule has 3 N–H and O–H groups in total. The van der Waals surface area contributed by atoms with Gasteiger partial charge in [-0.1, -0.05) is 0 Å². The number of alkyl halides is 6. The molecule has 45 heavy (non-hydrogen) atoms. The summed E-state index contributed by atoms with van der Waals surface area (Å²) in [5, 5.41) is 9.41. The summed E-state index contributed by atoms with van der Waals surface area (Å²) < 4.78 is 113. The lowest BCUT2D eigenvalue weighted by molar-refractivity contribution is -0.137. The molecular formula is C28H30F7N7O3. The number of aliphatic hydroxyl groups excluding tert-OH is 1. The molecule has 3 aromatic rings. The maximum Gasteiger partial charge on any atom is 0.418 e. The van der Waals surface area contributed by atoms with Gasteiger partial charge in [-0.25, -0.2) is 27.5 Å². The molecule has 0 spiro atoms. The molecule has 0 aliphatic carbocycles. The van der Waals surface area contributed by atoms with Crippen LogP contribution in [0.15, 0.2) is 6.07 Å². The van der Waals surface area contributed by atoms with Crippen molar-refractivity contribution in [2.75, 3.05) is 50.1 Å². The summed E-state index contributed by atoms with van der Waals surface area (Å²) >= 11 is 0. The first-order chi connectivity index (χ1) is 21.3. The molecule has 0 radical (unpaired) electrons. The van der Waals surface area contributed by atoms with Crippen LogP contribution in [0, 0.1) is 12.7 Å². The largest absolute Gasteiger partial charge is 0.475 e. The van der Waals surface area contributed by atoms with Crippen molar-refractivity contribution in [2.45, 2.75) is 63.0 Å². The Bertz CT molecular complexity index is 1610. The molecule has 17 heteroatoms. The average Bonchev–Trinajstić information content (AvgIpc) is 3.43. The standard InChI is InChI=1S/C28H30F7N7O3/c1-13-20(28(33,34)35)16(7-18(36)37-13)22-21(32)23-19-24(42(10-17(30)31)15(3-6-43)11-44-25(19)38-22)40-26(39-23)45-12-27-4-2-5-41(27)9-14(29)8-27/h7,14-15,17,43H,2-6,8-12H2,1H3,(H2,36,37)/t14-,15+,27+/m1/s1. The number of nitrogens with zero attached hydrogens (tertiary/aromatic N) is 6. The summed E-state index contributed by atoms with van der Waals surface area (Å²) in [6, 6.07) is -0.533. The fourth-order valence-electron chi connectivity index (χ4n) is 6.76. The molecule has 3 atom stereocenters. The summed E-state index contributed by atoms with van der Waals surface area (Å²) in [6.07, 6.45) is -7.42. The van der Waals surface area contributed by atoms with Crippen LogP contribution >= 0.6 is 0 Å². The van der Waals surface area contributed by atoms with Crippen LogP contribution in [0.25, 0.3) is 22.2 Å². The first-order valence-electron chi connectivity index (χ1n) is 14.4. The number of anilines is 2. The summed E-state index contributed by atoms with van der Waals surface area (Å²) in [4.78, 5) is 19.4. The number of nitrogens with two attached hydrogens (primary N) is 1. The monoisotopic (exact) mass is 645 g/mol. The Morgan fingerprint density at radius 1 is 1.22 bits per heavy atom. The fraction of sp³-hybridized carbons (Fsp3) is 0.571. The third kappa shape index (κ3) is 5.64. The van der Waals surface area contributed by atoms with E-state index in [1.54, 1.807) is 0 Å². The van der Waals surface area contributed by atoms with Gasteiger partial charge in [0.1, 0.15) is 47.6 Å². The number of pyridine rings is 2. The van der Waals surface area contributed by atoms with Crippen molar-refractivity contribution in [1.82, 2.24) is 24.8 Å². The van der Waals surface area contributed by atoms with Gasteiger partial charge in [0.25, 0.3) is 6.43 Å². The van der Waals surface area contributed by atoms with Crippen LogP contribution in [-0.2, 0) is 6.18 Å². The van der Waals surface area contributed by atoms with Crippen molar-refractivity contribution >= 4 is 22.5 Å². The smallest absolute Gasteiger partial charge is 0.418 e. The third-order valence-corrected chi connectivity index (χ3v) is 8.62. The van der Waals surface area contributed by atoms with Gasteiger partial charge in [-0.3, -0.25) is 4.90 Å². The predicted molar refractivity (Wildman–Crippen MR) is 148 cm³/mol. The van der Waals surface area contributed by atoms with Gasteiger partial charge < -0.3 is 25.2 Å². The second-order valence-corrected chi connectivity index (χ2v) is 11.6. The molecular weight excluding hydrogens is 615 g/mol.